The maximum Gasteiger partial charge on any atom is 0.125 e. The Hall–Kier alpha value is -0.300. The van der Waals surface area contributed by atoms with Gasteiger partial charge in [0.25, 0.3) is 0 Å². The summed E-state index contributed by atoms with van der Waals surface area (Å²) in [5.41, 5.74) is 1.11. The summed E-state index contributed by atoms with van der Waals surface area (Å²) in [6.45, 7) is 3.28. The van der Waals surface area contributed by atoms with E-state index in [1.807, 2.05) is 13.8 Å². The van der Waals surface area contributed by atoms with E-state index in [0.717, 1.165) is 5.57 Å². The molecular weight excluding hydrogens is 139 g/mol. The standard InChI is InChI=1S/C7H10ClF/c1-6(2)3-4-7(8)5-9/h3-4H,5H2,1-2H3/b7-4+. The maximum atomic E-state index is 11.6. The molecule has 52 valence electrons. The summed E-state index contributed by atoms with van der Waals surface area (Å²) in [7, 11) is 0. The highest BCUT2D eigenvalue weighted by molar-refractivity contribution is 6.29. The average molecular weight is 149 g/mol. The first kappa shape index (κ1) is 8.70. The van der Waals surface area contributed by atoms with Crippen LogP contribution < -0.4 is 0 Å². The molecule has 0 bridgehead atoms. The molecule has 0 aliphatic rings. The summed E-state index contributed by atoms with van der Waals surface area (Å²) in [6, 6.07) is 0. The number of hydrogen-bond acceptors (Lipinski definition) is 0. The van der Waals surface area contributed by atoms with Crippen LogP contribution in [-0.2, 0) is 0 Å². The van der Waals surface area contributed by atoms with Crippen LogP contribution in [0.15, 0.2) is 22.8 Å². The van der Waals surface area contributed by atoms with E-state index in [0.29, 0.717) is 0 Å². The highest BCUT2D eigenvalue weighted by atomic mass is 35.5. The number of allylic oxidation sites excluding steroid dienone is 4. The molecule has 0 fully saturated rings. The Labute approximate surface area is 60.0 Å². The van der Waals surface area contributed by atoms with Crippen molar-refractivity contribution in [2.24, 2.45) is 0 Å². The molecule has 0 atom stereocenters. The monoisotopic (exact) mass is 148 g/mol. The van der Waals surface area contributed by atoms with Gasteiger partial charge in [-0.25, -0.2) is 4.39 Å². The Morgan fingerprint density at radius 2 is 2.00 bits per heavy atom. The van der Waals surface area contributed by atoms with Gasteiger partial charge in [-0.1, -0.05) is 23.3 Å². The zero-order valence-electron chi connectivity index (χ0n) is 5.62. The van der Waals surface area contributed by atoms with Crippen LogP contribution in [0.2, 0.25) is 0 Å². The van der Waals surface area contributed by atoms with Crippen LogP contribution in [0.4, 0.5) is 4.39 Å². The summed E-state index contributed by atoms with van der Waals surface area (Å²) >= 11 is 5.35. The van der Waals surface area contributed by atoms with Crippen molar-refractivity contribution in [3.05, 3.63) is 22.8 Å². The number of hydrogen-bond donors (Lipinski definition) is 0. The normalized spacial score (nSPS) is 11.3. The van der Waals surface area contributed by atoms with Gasteiger partial charge < -0.3 is 0 Å². The number of alkyl halides is 1. The average Bonchev–Trinajstić information content (AvgIpc) is 1.83. The summed E-state index contributed by atoms with van der Waals surface area (Å²) in [6.07, 6.45) is 3.35. The van der Waals surface area contributed by atoms with Crippen LogP contribution in [0.1, 0.15) is 13.8 Å². The van der Waals surface area contributed by atoms with Gasteiger partial charge >= 0.3 is 0 Å². The Bertz CT molecular complexity index is 132. The fourth-order valence-electron chi connectivity index (χ4n) is 0.302. The lowest BCUT2D eigenvalue weighted by Gasteiger charge is -1.85. The van der Waals surface area contributed by atoms with E-state index < -0.39 is 6.67 Å². The lowest BCUT2D eigenvalue weighted by atomic mass is 10.3. The first-order valence-electron chi connectivity index (χ1n) is 2.72. The second-order valence-electron chi connectivity index (χ2n) is 1.99. The van der Waals surface area contributed by atoms with Crippen LogP contribution in [0.5, 0.6) is 0 Å². The number of halogens is 2. The van der Waals surface area contributed by atoms with Gasteiger partial charge in [-0.05, 0) is 19.9 Å². The van der Waals surface area contributed by atoms with Crippen LogP contribution in [-0.4, -0.2) is 6.67 Å². The van der Waals surface area contributed by atoms with E-state index in [-0.39, 0.29) is 5.03 Å². The first-order valence-corrected chi connectivity index (χ1v) is 3.10. The molecule has 0 rings (SSSR count). The van der Waals surface area contributed by atoms with E-state index in [1.54, 1.807) is 12.2 Å². The van der Waals surface area contributed by atoms with Crippen molar-refractivity contribution in [2.45, 2.75) is 13.8 Å². The van der Waals surface area contributed by atoms with Gasteiger partial charge in [-0.15, -0.1) is 0 Å². The fraction of sp³-hybridized carbons (Fsp3) is 0.429. The minimum absolute atomic E-state index is 0.246. The predicted octanol–water partition coefficient (Wildman–Crippen LogP) is 3.04. The molecule has 0 unspecified atom stereocenters. The molecule has 0 aliphatic heterocycles. The van der Waals surface area contributed by atoms with E-state index in [2.05, 4.69) is 0 Å². The predicted molar refractivity (Wildman–Crippen MR) is 39.3 cm³/mol. The van der Waals surface area contributed by atoms with E-state index in [4.69, 9.17) is 11.6 Å². The molecule has 0 aromatic heterocycles. The van der Waals surface area contributed by atoms with E-state index in [1.165, 1.54) is 0 Å². The molecule has 0 N–H and O–H groups in total. The highest BCUT2D eigenvalue weighted by Gasteiger charge is 1.84. The SMILES string of the molecule is CC(C)=C/C=C(/Cl)CF. The molecular formula is C7H10ClF. The van der Waals surface area contributed by atoms with Crippen molar-refractivity contribution in [3.8, 4) is 0 Å². The summed E-state index contributed by atoms with van der Waals surface area (Å²) < 4.78 is 11.6. The molecule has 0 saturated carbocycles. The van der Waals surface area contributed by atoms with Crippen molar-refractivity contribution in [1.29, 1.82) is 0 Å². The third-order valence-corrected chi connectivity index (χ3v) is 0.952. The molecule has 0 radical (unpaired) electrons. The van der Waals surface area contributed by atoms with Gasteiger partial charge in [0.2, 0.25) is 0 Å². The Morgan fingerprint density at radius 3 is 2.33 bits per heavy atom. The van der Waals surface area contributed by atoms with Crippen LogP contribution in [0, 0.1) is 0 Å². The zero-order valence-corrected chi connectivity index (χ0v) is 6.37. The number of rotatable bonds is 2. The zero-order chi connectivity index (χ0) is 7.28. The molecule has 9 heavy (non-hydrogen) atoms. The van der Waals surface area contributed by atoms with Gasteiger partial charge in [-0.2, -0.15) is 0 Å². The molecule has 0 nitrogen and oxygen atoms in total. The topological polar surface area (TPSA) is 0 Å². The molecule has 0 heterocycles. The fourth-order valence-corrected chi connectivity index (χ4v) is 0.365. The molecule has 0 spiro atoms. The lowest BCUT2D eigenvalue weighted by Crippen LogP contribution is -1.71. The molecule has 0 aliphatic carbocycles. The molecule has 0 saturated heterocycles. The van der Waals surface area contributed by atoms with Gasteiger partial charge in [0.05, 0.1) is 0 Å². The maximum absolute atomic E-state index is 11.6. The van der Waals surface area contributed by atoms with Crippen molar-refractivity contribution in [3.63, 3.8) is 0 Å². The minimum atomic E-state index is -0.578. The Kier molecular flexibility index (Phi) is 4.41. The van der Waals surface area contributed by atoms with Crippen LogP contribution >= 0.6 is 11.6 Å². The summed E-state index contributed by atoms with van der Waals surface area (Å²) in [5.74, 6) is 0. The van der Waals surface area contributed by atoms with E-state index >= 15 is 0 Å². The van der Waals surface area contributed by atoms with Gasteiger partial charge in [0.1, 0.15) is 6.67 Å². The smallest absolute Gasteiger partial charge is 0.125 e. The van der Waals surface area contributed by atoms with Crippen molar-refractivity contribution in [2.75, 3.05) is 6.67 Å². The van der Waals surface area contributed by atoms with Crippen molar-refractivity contribution in [1.82, 2.24) is 0 Å². The lowest BCUT2D eigenvalue weighted by molar-refractivity contribution is 0.556. The summed E-state index contributed by atoms with van der Waals surface area (Å²) in [5, 5.41) is 0.246. The quantitative estimate of drug-likeness (QED) is 0.528. The Balaban J connectivity index is 3.83. The van der Waals surface area contributed by atoms with Crippen molar-refractivity contribution >= 4 is 11.6 Å². The van der Waals surface area contributed by atoms with Gasteiger partial charge in [0, 0.05) is 5.03 Å². The van der Waals surface area contributed by atoms with Gasteiger partial charge in [0.15, 0.2) is 0 Å². The van der Waals surface area contributed by atoms with Crippen LogP contribution in [0.3, 0.4) is 0 Å². The molecule has 0 aromatic carbocycles. The van der Waals surface area contributed by atoms with Crippen molar-refractivity contribution < 1.29 is 4.39 Å². The third-order valence-electron chi connectivity index (χ3n) is 0.725. The third kappa shape index (κ3) is 5.57. The minimum Gasteiger partial charge on any atom is -0.245 e. The molecule has 0 amide bonds. The Morgan fingerprint density at radius 1 is 1.44 bits per heavy atom. The second-order valence-corrected chi connectivity index (χ2v) is 2.48. The molecule has 0 aromatic rings. The largest absolute Gasteiger partial charge is 0.245 e. The molecule has 2 heteroatoms. The van der Waals surface area contributed by atoms with E-state index in [9.17, 15) is 4.39 Å². The summed E-state index contributed by atoms with van der Waals surface area (Å²) in [4.78, 5) is 0. The highest BCUT2D eigenvalue weighted by Crippen LogP contribution is 2.02. The first-order chi connectivity index (χ1) is 4.16. The van der Waals surface area contributed by atoms with Gasteiger partial charge in [-0.3, -0.25) is 0 Å². The second kappa shape index (κ2) is 4.57. The van der Waals surface area contributed by atoms with Crippen LogP contribution in [0.25, 0.3) is 0 Å².